The van der Waals surface area contributed by atoms with Crippen molar-refractivity contribution in [3.63, 3.8) is 0 Å². The summed E-state index contributed by atoms with van der Waals surface area (Å²) in [4.78, 5) is 0. The topological polar surface area (TPSA) is 64.5 Å². The third-order valence-corrected chi connectivity index (χ3v) is 3.20. The molecule has 0 saturated heterocycles. The van der Waals surface area contributed by atoms with E-state index in [1.807, 2.05) is 0 Å². The molecule has 0 saturated carbocycles. The van der Waals surface area contributed by atoms with E-state index in [9.17, 15) is 0 Å². The molecule has 0 spiro atoms. The number of rotatable bonds is 12. The molecule has 0 radical (unpaired) electrons. The Balaban J connectivity index is 2.13. The normalized spacial score (nSPS) is 10.9. The molecule has 114 valence electrons. The fourth-order valence-corrected chi connectivity index (χ4v) is 1.96. The van der Waals surface area contributed by atoms with Gasteiger partial charge < -0.3 is 20.8 Å². The van der Waals surface area contributed by atoms with Crippen LogP contribution in [0.5, 0.6) is 0 Å². The van der Waals surface area contributed by atoms with E-state index in [0.29, 0.717) is 0 Å². The van der Waals surface area contributed by atoms with E-state index >= 15 is 0 Å². The molecule has 4 heteroatoms. The van der Waals surface area contributed by atoms with Crippen molar-refractivity contribution < 1.29 is 10.2 Å². The second-order valence-electron chi connectivity index (χ2n) is 5.03. The van der Waals surface area contributed by atoms with Gasteiger partial charge in [0.25, 0.3) is 0 Å². The van der Waals surface area contributed by atoms with Crippen molar-refractivity contribution in [2.45, 2.75) is 38.8 Å². The summed E-state index contributed by atoms with van der Waals surface area (Å²) >= 11 is 0. The largest absolute Gasteiger partial charge is 0.396 e. The van der Waals surface area contributed by atoms with Crippen LogP contribution in [0.1, 0.15) is 36.8 Å². The summed E-state index contributed by atoms with van der Waals surface area (Å²) in [6, 6.07) is 8.63. The zero-order chi connectivity index (χ0) is 14.5. The molecule has 1 aromatic rings. The zero-order valence-electron chi connectivity index (χ0n) is 12.3. The van der Waals surface area contributed by atoms with Gasteiger partial charge in [0.1, 0.15) is 0 Å². The maximum atomic E-state index is 8.69. The molecule has 1 aromatic carbocycles. The highest BCUT2D eigenvalue weighted by Crippen LogP contribution is 2.04. The highest BCUT2D eigenvalue weighted by atomic mass is 16.3. The summed E-state index contributed by atoms with van der Waals surface area (Å²) in [6.45, 7) is 4.23. The predicted octanol–water partition coefficient (Wildman–Crippen LogP) is 1.41. The van der Waals surface area contributed by atoms with Gasteiger partial charge in [0, 0.05) is 26.3 Å². The number of benzene rings is 1. The second-order valence-corrected chi connectivity index (χ2v) is 5.03. The van der Waals surface area contributed by atoms with Gasteiger partial charge in [-0.15, -0.1) is 0 Å². The van der Waals surface area contributed by atoms with Crippen LogP contribution >= 0.6 is 0 Å². The van der Waals surface area contributed by atoms with Crippen LogP contribution in [0.25, 0.3) is 0 Å². The first-order valence-electron chi connectivity index (χ1n) is 7.58. The Hall–Kier alpha value is -0.940. The van der Waals surface area contributed by atoms with Crippen LogP contribution in [-0.4, -0.2) is 36.5 Å². The zero-order valence-corrected chi connectivity index (χ0v) is 12.3. The van der Waals surface area contributed by atoms with Gasteiger partial charge in [-0.25, -0.2) is 0 Å². The van der Waals surface area contributed by atoms with Crippen LogP contribution in [0, 0.1) is 0 Å². The third kappa shape index (κ3) is 8.27. The number of nitrogens with one attached hydrogen (secondary N) is 2. The van der Waals surface area contributed by atoms with E-state index in [-0.39, 0.29) is 13.2 Å². The molecule has 20 heavy (non-hydrogen) atoms. The molecule has 0 aliphatic carbocycles. The average Bonchev–Trinajstić information content (AvgIpc) is 2.48. The molecule has 0 amide bonds. The van der Waals surface area contributed by atoms with E-state index in [1.165, 1.54) is 11.1 Å². The molecular formula is C16H28N2O2. The SMILES string of the molecule is OCCCCNCc1ccc(CNCCCCO)cc1. The Morgan fingerprint density at radius 2 is 1.05 bits per heavy atom. The summed E-state index contributed by atoms with van der Waals surface area (Å²) in [5.41, 5.74) is 2.58. The van der Waals surface area contributed by atoms with E-state index in [4.69, 9.17) is 10.2 Å². The molecule has 0 fully saturated rings. The van der Waals surface area contributed by atoms with Crippen molar-refractivity contribution >= 4 is 0 Å². The van der Waals surface area contributed by atoms with E-state index in [2.05, 4.69) is 34.9 Å². The molecule has 0 heterocycles. The first-order chi connectivity index (χ1) is 9.86. The van der Waals surface area contributed by atoms with Gasteiger partial charge in [0.15, 0.2) is 0 Å². The van der Waals surface area contributed by atoms with Crippen molar-refractivity contribution in [2.75, 3.05) is 26.3 Å². The maximum Gasteiger partial charge on any atom is 0.0431 e. The molecule has 0 aliphatic heterocycles. The van der Waals surface area contributed by atoms with Crippen LogP contribution in [0.4, 0.5) is 0 Å². The van der Waals surface area contributed by atoms with Crippen LogP contribution < -0.4 is 10.6 Å². The lowest BCUT2D eigenvalue weighted by Gasteiger charge is -2.07. The molecule has 4 nitrogen and oxygen atoms in total. The average molecular weight is 280 g/mol. The smallest absolute Gasteiger partial charge is 0.0431 e. The molecule has 0 atom stereocenters. The Morgan fingerprint density at radius 1 is 0.650 bits per heavy atom. The molecule has 0 aromatic heterocycles. The van der Waals surface area contributed by atoms with E-state index in [1.54, 1.807) is 0 Å². The minimum absolute atomic E-state index is 0.279. The number of hydrogen-bond donors (Lipinski definition) is 4. The van der Waals surface area contributed by atoms with Crippen molar-refractivity contribution in [1.82, 2.24) is 10.6 Å². The third-order valence-electron chi connectivity index (χ3n) is 3.20. The van der Waals surface area contributed by atoms with Crippen LogP contribution in [0.3, 0.4) is 0 Å². The standard InChI is InChI=1S/C16H28N2O2/c19-11-3-1-9-17-13-15-5-7-16(8-6-15)14-18-10-2-4-12-20/h5-8,17-20H,1-4,9-14H2. The van der Waals surface area contributed by atoms with E-state index < -0.39 is 0 Å². The predicted molar refractivity (Wildman–Crippen MR) is 82.5 cm³/mol. The number of hydrogen-bond acceptors (Lipinski definition) is 4. The lowest BCUT2D eigenvalue weighted by Crippen LogP contribution is -2.16. The molecular weight excluding hydrogens is 252 g/mol. The van der Waals surface area contributed by atoms with Crippen LogP contribution in [0.2, 0.25) is 0 Å². The Kier molecular flexibility index (Phi) is 10.1. The number of aliphatic hydroxyl groups excluding tert-OH is 2. The van der Waals surface area contributed by atoms with Crippen molar-refractivity contribution in [2.24, 2.45) is 0 Å². The molecule has 0 aliphatic rings. The van der Waals surface area contributed by atoms with Gasteiger partial charge >= 0.3 is 0 Å². The highest BCUT2D eigenvalue weighted by molar-refractivity contribution is 5.22. The number of unbranched alkanes of at least 4 members (excludes halogenated alkanes) is 2. The monoisotopic (exact) mass is 280 g/mol. The summed E-state index contributed by atoms with van der Waals surface area (Å²) in [5.74, 6) is 0. The Labute approximate surface area is 122 Å². The highest BCUT2D eigenvalue weighted by Gasteiger charge is 1.95. The quantitative estimate of drug-likeness (QED) is 0.437. The molecule has 4 N–H and O–H groups in total. The second kappa shape index (κ2) is 11.9. The lowest BCUT2D eigenvalue weighted by molar-refractivity contribution is 0.283. The minimum atomic E-state index is 0.279. The molecule has 1 rings (SSSR count). The van der Waals surface area contributed by atoms with Gasteiger partial charge in [-0.1, -0.05) is 24.3 Å². The fraction of sp³-hybridized carbons (Fsp3) is 0.625. The summed E-state index contributed by atoms with van der Waals surface area (Å²) in [5, 5.41) is 24.1. The Bertz CT molecular complexity index is 295. The Morgan fingerprint density at radius 3 is 1.40 bits per heavy atom. The van der Waals surface area contributed by atoms with Crippen molar-refractivity contribution in [3.8, 4) is 0 Å². The van der Waals surface area contributed by atoms with Gasteiger partial charge in [0.05, 0.1) is 0 Å². The molecule has 0 unspecified atom stereocenters. The molecule has 0 bridgehead atoms. The van der Waals surface area contributed by atoms with Crippen LogP contribution in [0.15, 0.2) is 24.3 Å². The van der Waals surface area contributed by atoms with Crippen molar-refractivity contribution in [3.05, 3.63) is 35.4 Å². The summed E-state index contributed by atoms with van der Waals surface area (Å²) in [7, 11) is 0. The van der Waals surface area contributed by atoms with Crippen LogP contribution in [-0.2, 0) is 13.1 Å². The first-order valence-corrected chi connectivity index (χ1v) is 7.58. The first kappa shape index (κ1) is 17.1. The van der Waals surface area contributed by atoms with Gasteiger partial charge in [-0.05, 0) is 49.9 Å². The minimum Gasteiger partial charge on any atom is -0.396 e. The maximum absolute atomic E-state index is 8.69. The van der Waals surface area contributed by atoms with Crippen molar-refractivity contribution in [1.29, 1.82) is 0 Å². The van der Waals surface area contributed by atoms with E-state index in [0.717, 1.165) is 51.9 Å². The van der Waals surface area contributed by atoms with Gasteiger partial charge in [-0.3, -0.25) is 0 Å². The summed E-state index contributed by atoms with van der Waals surface area (Å²) in [6.07, 6.45) is 3.78. The lowest BCUT2D eigenvalue weighted by atomic mass is 10.1. The fourth-order valence-electron chi connectivity index (χ4n) is 1.96. The summed E-state index contributed by atoms with van der Waals surface area (Å²) < 4.78 is 0. The van der Waals surface area contributed by atoms with Gasteiger partial charge in [0.2, 0.25) is 0 Å². The number of aliphatic hydroxyl groups is 2. The van der Waals surface area contributed by atoms with Gasteiger partial charge in [-0.2, -0.15) is 0 Å².